The normalized spacial score (nSPS) is 11.3. The van der Waals surface area contributed by atoms with Gasteiger partial charge in [-0.3, -0.25) is 0 Å². The Hall–Kier alpha value is -1.30. The highest BCUT2D eigenvalue weighted by molar-refractivity contribution is 7.16. The summed E-state index contributed by atoms with van der Waals surface area (Å²) in [6.07, 6.45) is -0.116. The molecule has 6 heteroatoms. The second kappa shape index (κ2) is 5.35. The van der Waals surface area contributed by atoms with Gasteiger partial charge in [-0.05, 0) is 17.9 Å². The number of aromatic nitrogens is 2. The molecule has 0 radical (unpaired) electrons. The highest BCUT2D eigenvalue weighted by atomic mass is 32.1. The van der Waals surface area contributed by atoms with Crippen LogP contribution in [0.5, 0.6) is 0 Å². The first-order valence-corrected chi connectivity index (χ1v) is 6.31. The first-order chi connectivity index (χ1) is 8.22. The zero-order chi connectivity index (χ0) is 12.3. The van der Waals surface area contributed by atoms with Crippen molar-refractivity contribution in [1.29, 1.82) is 0 Å². The summed E-state index contributed by atoms with van der Waals surface area (Å²) in [5.74, 6) is 0.610. The van der Waals surface area contributed by atoms with Crippen molar-refractivity contribution in [3.05, 3.63) is 17.8 Å². The lowest BCUT2D eigenvalue weighted by molar-refractivity contribution is 0.154. The summed E-state index contributed by atoms with van der Waals surface area (Å²) in [4.78, 5) is 10.7. The van der Waals surface area contributed by atoms with Crippen molar-refractivity contribution in [3.63, 3.8) is 0 Å². The Labute approximate surface area is 102 Å². The van der Waals surface area contributed by atoms with Gasteiger partial charge in [0.05, 0.1) is 11.9 Å². The molecule has 0 atom stereocenters. The van der Waals surface area contributed by atoms with E-state index in [1.54, 1.807) is 4.90 Å². The molecule has 2 aromatic heterocycles. The topological polar surface area (TPSA) is 29.0 Å². The van der Waals surface area contributed by atoms with Gasteiger partial charge in [-0.15, -0.1) is 11.3 Å². The van der Waals surface area contributed by atoms with E-state index in [1.165, 1.54) is 17.7 Å². The summed E-state index contributed by atoms with van der Waals surface area (Å²) in [5, 5.41) is 2.75. The fourth-order valence-electron chi connectivity index (χ4n) is 1.75. The Morgan fingerprint density at radius 3 is 2.94 bits per heavy atom. The Kier molecular flexibility index (Phi) is 3.83. The van der Waals surface area contributed by atoms with Gasteiger partial charge in [0.2, 0.25) is 0 Å². The lowest BCUT2D eigenvalue weighted by Gasteiger charge is -2.23. The van der Waals surface area contributed by atoms with Crippen LogP contribution in [0.2, 0.25) is 0 Å². The zero-order valence-electron chi connectivity index (χ0n) is 9.44. The monoisotopic (exact) mass is 257 g/mol. The summed E-state index contributed by atoms with van der Waals surface area (Å²) in [6.45, 7) is 2.26. The van der Waals surface area contributed by atoms with Gasteiger partial charge >= 0.3 is 0 Å². The van der Waals surface area contributed by atoms with Crippen molar-refractivity contribution in [2.24, 2.45) is 0 Å². The Bertz CT molecular complexity index is 486. The van der Waals surface area contributed by atoms with Gasteiger partial charge in [-0.25, -0.2) is 18.7 Å². The van der Waals surface area contributed by atoms with Crippen molar-refractivity contribution in [2.45, 2.75) is 19.8 Å². The van der Waals surface area contributed by atoms with Crippen molar-refractivity contribution in [1.82, 2.24) is 9.97 Å². The highest BCUT2D eigenvalue weighted by Gasteiger charge is 2.16. The molecule has 2 rings (SSSR count). The molecule has 0 aliphatic carbocycles. The number of rotatable bonds is 5. The van der Waals surface area contributed by atoms with Gasteiger partial charge in [0.15, 0.2) is 0 Å². The molecular formula is C11H13F2N3S. The number of hydrogen-bond donors (Lipinski definition) is 0. The van der Waals surface area contributed by atoms with Crippen LogP contribution in [-0.2, 0) is 0 Å². The van der Waals surface area contributed by atoms with Crippen molar-refractivity contribution in [2.75, 3.05) is 18.0 Å². The minimum Gasteiger partial charge on any atom is -0.350 e. The molecule has 0 aliphatic rings. The molecule has 0 fully saturated rings. The molecule has 0 saturated carbocycles. The summed E-state index contributed by atoms with van der Waals surface area (Å²) < 4.78 is 25.1. The average molecular weight is 257 g/mol. The van der Waals surface area contributed by atoms with Crippen LogP contribution >= 0.6 is 11.3 Å². The van der Waals surface area contributed by atoms with E-state index in [9.17, 15) is 8.78 Å². The number of anilines is 1. The van der Waals surface area contributed by atoms with Crippen LogP contribution < -0.4 is 4.90 Å². The van der Waals surface area contributed by atoms with Crippen LogP contribution in [0.3, 0.4) is 0 Å². The summed E-state index contributed by atoms with van der Waals surface area (Å²) in [7, 11) is 0. The smallest absolute Gasteiger partial charge is 0.255 e. The fraction of sp³-hybridized carbons (Fsp3) is 0.455. The van der Waals surface area contributed by atoms with Crippen molar-refractivity contribution >= 4 is 27.4 Å². The Morgan fingerprint density at radius 1 is 1.41 bits per heavy atom. The third-order valence-electron chi connectivity index (χ3n) is 2.39. The molecule has 0 spiro atoms. The number of hydrogen-bond acceptors (Lipinski definition) is 4. The second-order valence-electron chi connectivity index (χ2n) is 3.67. The van der Waals surface area contributed by atoms with E-state index in [4.69, 9.17) is 0 Å². The van der Waals surface area contributed by atoms with Crippen LogP contribution in [0.1, 0.15) is 13.3 Å². The van der Waals surface area contributed by atoms with Crippen LogP contribution in [0.15, 0.2) is 17.8 Å². The predicted octanol–water partition coefficient (Wildman–Crippen LogP) is 3.17. The average Bonchev–Trinajstić information content (AvgIpc) is 2.75. The third kappa shape index (κ3) is 2.69. The Balaban J connectivity index is 2.36. The van der Waals surface area contributed by atoms with E-state index >= 15 is 0 Å². The van der Waals surface area contributed by atoms with Gasteiger partial charge in [-0.2, -0.15) is 0 Å². The van der Waals surface area contributed by atoms with Gasteiger partial charge in [0.1, 0.15) is 17.0 Å². The molecular weight excluding hydrogens is 244 g/mol. The number of thiophene rings is 1. The van der Waals surface area contributed by atoms with Crippen LogP contribution in [0.25, 0.3) is 10.2 Å². The SMILES string of the molecule is CCCN(CC(F)F)c1ncnc2sccc12. The Morgan fingerprint density at radius 2 is 2.24 bits per heavy atom. The largest absolute Gasteiger partial charge is 0.350 e. The number of halogens is 2. The minimum atomic E-state index is -2.36. The van der Waals surface area contributed by atoms with Crippen LogP contribution in [0, 0.1) is 0 Å². The molecule has 0 saturated heterocycles. The van der Waals surface area contributed by atoms with E-state index in [-0.39, 0.29) is 6.54 Å². The summed E-state index contributed by atoms with van der Waals surface area (Å²) >= 11 is 1.49. The van der Waals surface area contributed by atoms with Crippen LogP contribution in [0.4, 0.5) is 14.6 Å². The summed E-state index contributed by atoms with van der Waals surface area (Å²) in [5.41, 5.74) is 0. The van der Waals surface area contributed by atoms with Crippen molar-refractivity contribution in [3.8, 4) is 0 Å². The molecule has 0 amide bonds. The molecule has 0 N–H and O–H groups in total. The maximum Gasteiger partial charge on any atom is 0.255 e. The van der Waals surface area contributed by atoms with Gasteiger partial charge in [-0.1, -0.05) is 6.92 Å². The maximum absolute atomic E-state index is 12.5. The molecule has 2 aromatic rings. The van der Waals surface area contributed by atoms with E-state index in [2.05, 4.69) is 9.97 Å². The molecule has 0 bridgehead atoms. The van der Waals surface area contributed by atoms with Crippen molar-refractivity contribution < 1.29 is 8.78 Å². The lowest BCUT2D eigenvalue weighted by Crippen LogP contribution is -2.30. The van der Waals surface area contributed by atoms with E-state index < -0.39 is 6.43 Å². The zero-order valence-corrected chi connectivity index (χ0v) is 10.3. The third-order valence-corrected chi connectivity index (χ3v) is 3.21. The number of alkyl halides is 2. The molecule has 2 heterocycles. The van der Waals surface area contributed by atoms with E-state index in [0.29, 0.717) is 12.4 Å². The fourth-order valence-corrected chi connectivity index (χ4v) is 2.48. The maximum atomic E-state index is 12.5. The first kappa shape index (κ1) is 12.2. The second-order valence-corrected chi connectivity index (χ2v) is 4.57. The predicted molar refractivity (Wildman–Crippen MR) is 65.9 cm³/mol. The van der Waals surface area contributed by atoms with E-state index in [1.807, 2.05) is 18.4 Å². The lowest BCUT2D eigenvalue weighted by atomic mass is 10.3. The quantitative estimate of drug-likeness (QED) is 0.823. The molecule has 92 valence electrons. The molecule has 17 heavy (non-hydrogen) atoms. The molecule has 0 aromatic carbocycles. The highest BCUT2D eigenvalue weighted by Crippen LogP contribution is 2.27. The standard InChI is InChI=1S/C11H13F2N3S/c1-2-4-16(6-9(12)13)10-8-3-5-17-11(8)15-7-14-10/h3,5,7,9H,2,4,6H2,1H3. The number of nitrogens with zero attached hydrogens (tertiary/aromatic N) is 3. The van der Waals surface area contributed by atoms with Gasteiger partial charge < -0.3 is 4.90 Å². The molecule has 0 aliphatic heterocycles. The van der Waals surface area contributed by atoms with Crippen LogP contribution in [-0.4, -0.2) is 29.5 Å². The van der Waals surface area contributed by atoms with Gasteiger partial charge in [0.25, 0.3) is 6.43 Å². The minimum absolute atomic E-state index is 0.282. The number of fused-ring (bicyclic) bond motifs is 1. The molecule has 3 nitrogen and oxygen atoms in total. The first-order valence-electron chi connectivity index (χ1n) is 5.43. The van der Waals surface area contributed by atoms with E-state index in [0.717, 1.165) is 16.6 Å². The summed E-state index contributed by atoms with van der Waals surface area (Å²) in [6, 6.07) is 1.88. The van der Waals surface area contributed by atoms with Gasteiger partial charge in [0, 0.05) is 6.54 Å². The molecule has 0 unspecified atom stereocenters.